The molecule has 1 heterocycles. The van der Waals surface area contributed by atoms with E-state index in [1.165, 1.54) is 0 Å². The van der Waals surface area contributed by atoms with Crippen LogP contribution in [0.4, 0.5) is 5.69 Å². The number of hydrazine groups is 1. The maximum Gasteiger partial charge on any atom is 0.210 e. The Kier molecular flexibility index (Phi) is 3.89. The summed E-state index contributed by atoms with van der Waals surface area (Å²) in [6.07, 6.45) is 0.987. The molecule has 4 N–H and O–H groups in total. The van der Waals surface area contributed by atoms with E-state index in [-0.39, 0.29) is 0 Å². The van der Waals surface area contributed by atoms with Gasteiger partial charge in [-0.1, -0.05) is 6.92 Å². The summed E-state index contributed by atoms with van der Waals surface area (Å²) in [7, 11) is 0. The highest BCUT2D eigenvalue weighted by Crippen LogP contribution is 2.21. The number of rotatable bonds is 3. The summed E-state index contributed by atoms with van der Waals surface area (Å²) >= 11 is 1.61. The minimum atomic E-state index is 0.579. The van der Waals surface area contributed by atoms with Crippen LogP contribution >= 0.6 is 11.3 Å². The highest BCUT2D eigenvalue weighted by Gasteiger charge is 2.01. The summed E-state index contributed by atoms with van der Waals surface area (Å²) in [5, 5.41) is 3.14. The van der Waals surface area contributed by atoms with Crippen LogP contribution in [0, 0.1) is 0 Å². The van der Waals surface area contributed by atoms with Gasteiger partial charge in [0.15, 0.2) is 0 Å². The van der Waals surface area contributed by atoms with E-state index in [9.17, 15) is 0 Å². The third-order valence-corrected chi connectivity index (χ3v) is 3.02. The molecule has 2 aromatic rings. The molecular formula is C11H15N5S. The van der Waals surface area contributed by atoms with E-state index in [0.29, 0.717) is 5.96 Å². The summed E-state index contributed by atoms with van der Waals surface area (Å²) in [5.41, 5.74) is 6.35. The van der Waals surface area contributed by atoms with Crippen molar-refractivity contribution in [1.29, 1.82) is 0 Å². The van der Waals surface area contributed by atoms with Gasteiger partial charge in [0.2, 0.25) is 5.96 Å². The summed E-state index contributed by atoms with van der Waals surface area (Å²) in [4.78, 5) is 8.51. The van der Waals surface area contributed by atoms with Crippen LogP contribution in [-0.4, -0.2) is 17.5 Å². The van der Waals surface area contributed by atoms with Crippen molar-refractivity contribution in [1.82, 2.24) is 10.4 Å². The molecule has 0 spiro atoms. The first kappa shape index (κ1) is 11.8. The zero-order valence-corrected chi connectivity index (χ0v) is 10.4. The van der Waals surface area contributed by atoms with Crippen LogP contribution in [-0.2, 0) is 0 Å². The van der Waals surface area contributed by atoms with Crippen molar-refractivity contribution < 1.29 is 0 Å². The number of aliphatic imine (C=N–C) groups is 1. The lowest BCUT2D eigenvalue weighted by Crippen LogP contribution is -2.36. The lowest BCUT2D eigenvalue weighted by Gasteiger charge is -2.08. The molecule has 0 atom stereocenters. The molecule has 0 unspecified atom stereocenters. The minimum absolute atomic E-state index is 0.579. The van der Waals surface area contributed by atoms with Gasteiger partial charge < -0.3 is 5.32 Å². The fraction of sp³-hybridized carbons (Fsp3) is 0.273. The van der Waals surface area contributed by atoms with E-state index in [1.807, 2.05) is 23.7 Å². The lowest BCUT2D eigenvalue weighted by atomic mass is 10.3. The quantitative estimate of drug-likeness (QED) is 0.336. The molecule has 0 radical (unpaired) electrons. The Bertz CT molecular complexity index is 519. The number of hydrogen-bond acceptors (Lipinski definition) is 4. The van der Waals surface area contributed by atoms with Gasteiger partial charge in [-0.2, -0.15) is 0 Å². The van der Waals surface area contributed by atoms with Gasteiger partial charge in [-0.05, 0) is 24.6 Å². The number of thiazole rings is 1. The number of guanidine groups is 1. The predicted octanol–water partition coefficient (Wildman–Crippen LogP) is 1.94. The van der Waals surface area contributed by atoms with Crippen LogP contribution in [0.5, 0.6) is 0 Å². The SMILES string of the molecule is CCCN=C(NN)Nc1ccc2ncsc2c1. The lowest BCUT2D eigenvalue weighted by molar-refractivity contribution is 0.905. The van der Waals surface area contributed by atoms with Crippen molar-refractivity contribution in [3.63, 3.8) is 0 Å². The average Bonchev–Trinajstić information content (AvgIpc) is 2.81. The second kappa shape index (κ2) is 5.60. The standard InChI is InChI=1S/C11H15N5S/c1-2-5-13-11(16-12)15-8-3-4-9-10(6-8)17-7-14-9/h3-4,6-7H,2,5,12H2,1H3,(H2,13,15,16). The molecule has 0 aliphatic heterocycles. The molecule has 0 bridgehead atoms. The summed E-state index contributed by atoms with van der Waals surface area (Å²) in [5.74, 6) is 5.98. The first-order chi connectivity index (χ1) is 8.33. The molecule has 1 aromatic carbocycles. The Morgan fingerprint density at radius 3 is 3.18 bits per heavy atom. The molecular weight excluding hydrogens is 234 g/mol. The Hall–Kier alpha value is -1.66. The highest BCUT2D eigenvalue weighted by atomic mass is 32.1. The van der Waals surface area contributed by atoms with Crippen LogP contribution in [0.2, 0.25) is 0 Å². The Morgan fingerprint density at radius 2 is 2.41 bits per heavy atom. The van der Waals surface area contributed by atoms with E-state index >= 15 is 0 Å². The number of nitrogens with one attached hydrogen (secondary N) is 2. The average molecular weight is 249 g/mol. The van der Waals surface area contributed by atoms with E-state index in [2.05, 4.69) is 27.6 Å². The number of nitrogens with zero attached hydrogens (tertiary/aromatic N) is 2. The second-order valence-electron chi connectivity index (χ2n) is 3.53. The third kappa shape index (κ3) is 2.92. The molecule has 2 rings (SSSR count). The molecule has 6 heteroatoms. The van der Waals surface area contributed by atoms with Crippen molar-refractivity contribution in [2.45, 2.75) is 13.3 Å². The van der Waals surface area contributed by atoms with Crippen LogP contribution < -0.4 is 16.6 Å². The van der Waals surface area contributed by atoms with Crippen LogP contribution in [0.3, 0.4) is 0 Å². The molecule has 0 fully saturated rings. The summed E-state index contributed by atoms with van der Waals surface area (Å²) in [6, 6.07) is 5.97. The normalized spacial score (nSPS) is 11.8. The number of benzene rings is 1. The predicted molar refractivity (Wildman–Crippen MR) is 73.2 cm³/mol. The van der Waals surface area contributed by atoms with Gasteiger partial charge in [-0.3, -0.25) is 10.4 Å². The summed E-state index contributed by atoms with van der Waals surface area (Å²) in [6.45, 7) is 2.82. The van der Waals surface area contributed by atoms with Crippen molar-refractivity contribution >= 4 is 33.2 Å². The topological polar surface area (TPSA) is 75.3 Å². The molecule has 0 aliphatic rings. The monoisotopic (exact) mass is 249 g/mol. The van der Waals surface area contributed by atoms with Gasteiger partial charge in [0.25, 0.3) is 0 Å². The van der Waals surface area contributed by atoms with Crippen molar-refractivity contribution in [3.05, 3.63) is 23.7 Å². The van der Waals surface area contributed by atoms with E-state index < -0.39 is 0 Å². The fourth-order valence-electron chi connectivity index (χ4n) is 1.41. The Labute approximate surface area is 104 Å². The van der Waals surface area contributed by atoms with Gasteiger partial charge in [-0.15, -0.1) is 11.3 Å². The van der Waals surface area contributed by atoms with Gasteiger partial charge in [-0.25, -0.2) is 10.8 Å². The van der Waals surface area contributed by atoms with Crippen molar-refractivity contribution in [3.8, 4) is 0 Å². The van der Waals surface area contributed by atoms with Crippen LogP contribution in [0.25, 0.3) is 10.2 Å². The van der Waals surface area contributed by atoms with Gasteiger partial charge in [0.1, 0.15) is 0 Å². The number of aromatic nitrogens is 1. The van der Waals surface area contributed by atoms with Crippen molar-refractivity contribution in [2.75, 3.05) is 11.9 Å². The van der Waals surface area contributed by atoms with Crippen molar-refractivity contribution in [2.24, 2.45) is 10.8 Å². The number of nitrogens with two attached hydrogens (primary N) is 1. The maximum atomic E-state index is 5.40. The van der Waals surface area contributed by atoms with Gasteiger partial charge >= 0.3 is 0 Å². The molecule has 0 aliphatic carbocycles. The van der Waals surface area contributed by atoms with E-state index in [0.717, 1.165) is 28.9 Å². The zero-order valence-electron chi connectivity index (χ0n) is 9.60. The molecule has 0 amide bonds. The number of hydrogen-bond donors (Lipinski definition) is 3. The van der Waals surface area contributed by atoms with Crippen LogP contribution in [0.15, 0.2) is 28.7 Å². The molecule has 5 nitrogen and oxygen atoms in total. The molecule has 0 saturated carbocycles. The Morgan fingerprint density at radius 1 is 1.53 bits per heavy atom. The Balaban J connectivity index is 2.16. The molecule has 90 valence electrons. The minimum Gasteiger partial charge on any atom is -0.325 e. The fourth-order valence-corrected chi connectivity index (χ4v) is 2.13. The first-order valence-electron chi connectivity index (χ1n) is 5.45. The third-order valence-electron chi connectivity index (χ3n) is 2.22. The zero-order chi connectivity index (χ0) is 12.1. The van der Waals surface area contributed by atoms with E-state index in [4.69, 9.17) is 5.84 Å². The largest absolute Gasteiger partial charge is 0.325 e. The smallest absolute Gasteiger partial charge is 0.210 e. The second-order valence-corrected chi connectivity index (χ2v) is 4.42. The number of anilines is 1. The maximum absolute atomic E-state index is 5.40. The van der Waals surface area contributed by atoms with Gasteiger partial charge in [0, 0.05) is 12.2 Å². The molecule has 1 aromatic heterocycles. The summed E-state index contributed by atoms with van der Waals surface area (Å²) < 4.78 is 1.14. The molecule has 17 heavy (non-hydrogen) atoms. The van der Waals surface area contributed by atoms with E-state index in [1.54, 1.807) is 11.3 Å². The van der Waals surface area contributed by atoms with Gasteiger partial charge in [0.05, 0.1) is 15.7 Å². The number of fused-ring (bicyclic) bond motifs is 1. The first-order valence-corrected chi connectivity index (χ1v) is 6.32. The highest BCUT2D eigenvalue weighted by molar-refractivity contribution is 7.16. The molecule has 0 saturated heterocycles. The van der Waals surface area contributed by atoms with Crippen LogP contribution in [0.1, 0.15) is 13.3 Å².